The van der Waals surface area contributed by atoms with Gasteiger partial charge in [-0.3, -0.25) is 4.90 Å². The highest BCUT2D eigenvalue weighted by atomic mass is 35.5. The van der Waals surface area contributed by atoms with E-state index < -0.39 is 0 Å². The number of fused-ring (bicyclic) bond motifs is 1. The van der Waals surface area contributed by atoms with Crippen molar-refractivity contribution in [2.24, 2.45) is 0 Å². The highest BCUT2D eigenvalue weighted by Crippen LogP contribution is 2.26. The number of nitrogens with zero attached hydrogens (tertiary/aromatic N) is 3. The normalized spacial score (nSPS) is 17.9. The molecule has 4 nitrogen and oxygen atoms in total. The number of anilines is 1. The lowest BCUT2D eigenvalue weighted by Crippen LogP contribution is -2.39. The maximum Gasteiger partial charge on any atom is 0.144 e. The molecule has 1 aliphatic heterocycles. The lowest BCUT2D eigenvalue weighted by molar-refractivity contribution is 0.211. The predicted molar refractivity (Wildman–Crippen MR) is 109 cm³/mol. The predicted octanol–water partition coefficient (Wildman–Crippen LogP) is 4.56. The minimum Gasteiger partial charge on any atom is -0.366 e. The molecule has 2 aliphatic rings. The molecule has 2 aromatic rings. The van der Waals surface area contributed by atoms with E-state index in [1.54, 1.807) is 0 Å². The molecule has 0 spiro atoms. The third kappa shape index (κ3) is 4.43. The number of hydrogen-bond donors (Lipinski definition) is 1. The summed E-state index contributed by atoms with van der Waals surface area (Å²) in [6.07, 6.45) is 6.64. The molecule has 1 aromatic heterocycles. The molecule has 0 saturated carbocycles. The molecular formula is C22H25ClN4. The number of likely N-dealkylation sites (tertiary alicyclic amines) is 1. The number of piperidine rings is 1. The average molecular weight is 381 g/mol. The van der Waals surface area contributed by atoms with E-state index in [-0.39, 0.29) is 0 Å². The first kappa shape index (κ1) is 18.3. The topological polar surface area (TPSA) is 52.0 Å². The molecule has 140 valence electrons. The second-order valence-electron chi connectivity index (χ2n) is 7.63. The van der Waals surface area contributed by atoms with Gasteiger partial charge in [0, 0.05) is 36.4 Å². The highest BCUT2D eigenvalue weighted by Gasteiger charge is 2.22. The molecule has 0 unspecified atom stereocenters. The lowest BCUT2D eigenvalue weighted by Gasteiger charge is -2.33. The molecule has 1 aromatic carbocycles. The fraction of sp³-hybridized carbons (Fsp3) is 0.455. The van der Waals surface area contributed by atoms with Gasteiger partial charge in [0.1, 0.15) is 11.9 Å². The van der Waals surface area contributed by atoms with Crippen LogP contribution in [0, 0.1) is 11.3 Å². The van der Waals surface area contributed by atoms with E-state index in [0.29, 0.717) is 11.6 Å². The number of nitriles is 1. The molecule has 0 bridgehead atoms. The Labute approximate surface area is 166 Å². The van der Waals surface area contributed by atoms with Crippen molar-refractivity contribution in [3.63, 3.8) is 0 Å². The summed E-state index contributed by atoms with van der Waals surface area (Å²) in [7, 11) is 0. The van der Waals surface area contributed by atoms with Crippen LogP contribution in [0.15, 0.2) is 30.3 Å². The van der Waals surface area contributed by atoms with Crippen LogP contribution < -0.4 is 5.32 Å². The van der Waals surface area contributed by atoms with E-state index in [1.165, 1.54) is 29.7 Å². The first-order valence-electron chi connectivity index (χ1n) is 9.87. The van der Waals surface area contributed by atoms with E-state index in [2.05, 4.69) is 34.5 Å². The minimum atomic E-state index is 0.382. The number of benzene rings is 1. The summed E-state index contributed by atoms with van der Waals surface area (Å²) >= 11 is 5.97. The number of hydrogen-bond acceptors (Lipinski definition) is 4. The molecule has 1 aliphatic carbocycles. The standard InChI is InChI=1S/C22H25ClN4/c23-19-7-5-16(6-8-19)15-27-11-9-20(10-12-27)25-22-18(14-24)13-17-3-1-2-4-21(17)26-22/h5-8,13,20H,1-4,9-12,15H2,(H,25,26). The van der Waals surface area contributed by atoms with Gasteiger partial charge in [-0.1, -0.05) is 23.7 Å². The van der Waals surface area contributed by atoms with E-state index in [9.17, 15) is 5.26 Å². The Morgan fingerprint density at radius 1 is 1.15 bits per heavy atom. The molecule has 5 heteroatoms. The zero-order chi connectivity index (χ0) is 18.6. The van der Waals surface area contributed by atoms with Gasteiger partial charge in [-0.2, -0.15) is 5.26 Å². The molecule has 1 saturated heterocycles. The van der Waals surface area contributed by atoms with Gasteiger partial charge in [-0.25, -0.2) is 4.98 Å². The van der Waals surface area contributed by atoms with Crippen molar-refractivity contribution in [1.82, 2.24) is 9.88 Å². The van der Waals surface area contributed by atoms with Crippen molar-refractivity contribution in [3.05, 3.63) is 57.7 Å². The quantitative estimate of drug-likeness (QED) is 0.844. The second-order valence-corrected chi connectivity index (χ2v) is 8.07. The van der Waals surface area contributed by atoms with E-state index >= 15 is 0 Å². The second kappa shape index (κ2) is 8.29. The fourth-order valence-corrected chi connectivity index (χ4v) is 4.23. The summed E-state index contributed by atoms with van der Waals surface area (Å²) in [5.41, 5.74) is 4.44. The number of rotatable bonds is 4. The summed E-state index contributed by atoms with van der Waals surface area (Å²) in [5.74, 6) is 0.786. The largest absolute Gasteiger partial charge is 0.366 e. The number of aryl methyl sites for hydroxylation is 2. The summed E-state index contributed by atoms with van der Waals surface area (Å²) in [6, 6.07) is 12.9. The van der Waals surface area contributed by atoms with Crippen LogP contribution >= 0.6 is 11.6 Å². The van der Waals surface area contributed by atoms with E-state index in [4.69, 9.17) is 16.6 Å². The van der Waals surface area contributed by atoms with Crippen LogP contribution in [0.3, 0.4) is 0 Å². The Kier molecular flexibility index (Phi) is 5.61. The van der Waals surface area contributed by atoms with Gasteiger partial charge in [0.15, 0.2) is 0 Å². The molecule has 27 heavy (non-hydrogen) atoms. The Morgan fingerprint density at radius 3 is 2.63 bits per heavy atom. The first-order valence-corrected chi connectivity index (χ1v) is 10.3. The van der Waals surface area contributed by atoms with Gasteiger partial charge in [0.25, 0.3) is 0 Å². The van der Waals surface area contributed by atoms with E-state index in [1.807, 2.05) is 12.1 Å². The van der Waals surface area contributed by atoms with Crippen LogP contribution in [0.1, 0.15) is 48.1 Å². The van der Waals surface area contributed by atoms with Gasteiger partial charge in [0.05, 0.1) is 5.56 Å². The molecule has 2 heterocycles. The van der Waals surface area contributed by atoms with Crippen LogP contribution in [0.2, 0.25) is 5.02 Å². The Bertz CT molecular complexity index is 833. The summed E-state index contributed by atoms with van der Waals surface area (Å²) in [6.45, 7) is 3.06. The smallest absolute Gasteiger partial charge is 0.144 e. The van der Waals surface area contributed by atoms with Crippen molar-refractivity contribution in [2.45, 2.75) is 51.1 Å². The summed E-state index contributed by atoms with van der Waals surface area (Å²) in [4.78, 5) is 7.29. The van der Waals surface area contributed by atoms with Gasteiger partial charge in [0.2, 0.25) is 0 Å². The maximum absolute atomic E-state index is 9.53. The minimum absolute atomic E-state index is 0.382. The van der Waals surface area contributed by atoms with Crippen LogP contribution in [0.25, 0.3) is 0 Å². The van der Waals surface area contributed by atoms with Crippen molar-refractivity contribution in [1.29, 1.82) is 5.26 Å². The Morgan fingerprint density at radius 2 is 1.89 bits per heavy atom. The molecule has 4 rings (SSSR count). The van der Waals surface area contributed by atoms with Crippen LogP contribution in [-0.4, -0.2) is 29.0 Å². The van der Waals surface area contributed by atoms with Crippen LogP contribution in [0.4, 0.5) is 5.82 Å². The SMILES string of the molecule is N#Cc1cc2c(nc1NC1CCN(Cc3ccc(Cl)cc3)CC1)CCCC2. The van der Waals surface area contributed by atoms with Crippen LogP contribution in [0.5, 0.6) is 0 Å². The van der Waals surface area contributed by atoms with Crippen molar-refractivity contribution in [3.8, 4) is 6.07 Å². The average Bonchev–Trinajstić information content (AvgIpc) is 2.70. The monoisotopic (exact) mass is 380 g/mol. The molecule has 1 N–H and O–H groups in total. The van der Waals surface area contributed by atoms with Crippen molar-refractivity contribution < 1.29 is 0 Å². The molecule has 0 amide bonds. The number of pyridine rings is 1. The molecule has 0 atom stereocenters. The van der Waals surface area contributed by atoms with Crippen molar-refractivity contribution >= 4 is 17.4 Å². The fourth-order valence-electron chi connectivity index (χ4n) is 4.11. The summed E-state index contributed by atoms with van der Waals surface area (Å²) < 4.78 is 0. The highest BCUT2D eigenvalue weighted by molar-refractivity contribution is 6.30. The number of nitrogens with one attached hydrogen (secondary N) is 1. The van der Waals surface area contributed by atoms with Crippen molar-refractivity contribution in [2.75, 3.05) is 18.4 Å². The molecular weight excluding hydrogens is 356 g/mol. The Balaban J connectivity index is 1.36. The zero-order valence-electron chi connectivity index (χ0n) is 15.5. The third-order valence-electron chi connectivity index (χ3n) is 5.67. The van der Waals surface area contributed by atoms with Gasteiger partial charge < -0.3 is 5.32 Å². The Hall–Kier alpha value is -2.09. The molecule has 1 fully saturated rings. The third-order valence-corrected chi connectivity index (χ3v) is 5.92. The molecule has 0 radical (unpaired) electrons. The van der Waals surface area contributed by atoms with Gasteiger partial charge in [-0.15, -0.1) is 0 Å². The lowest BCUT2D eigenvalue weighted by atomic mass is 9.94. The zero-order valence-corrected chi connectivity index (χ0v) is 16.3. The van der Waals surface area contributed by atoms with E-state index in [0.717, 1.165) is 56.2 Å². The summed E-state index contributed by atoms with van der Waals surface area (Å²) in [5, 5.41) is 13.9. The first-order chi connectivity index (χ1) is 13.2. The number of aromatic nitrogens is 1. The number of halogens is 1. The van der Waals surface area contributed by atoms with Crippen LogP contribution in [-0.2, 0) is 19.4 Å². The van der Waals surface area contributed by atoms with Gasteiger partial charge in [-0.05, 0) is 67.9 Å². The van der Waals surface area contributed by atoms with Gasteiger partial charge >= 0.3 is 0 Å². The maximum atomic E-state index is 9.53.